The summed E-state index contributed by atoms with van der Waals surface area (Å²) in [7, 11) is 0. The van der Waals surface area contributed by atoms with E-state index in [1.807, 2.05) is 6.20 Å². The summed E-state index contributed by atoms with van der Waals surface area (Å²) in [6, 6.07) is 1.34. The first kappa shape index (κ1) is 20.7. The lowest BCUT2D eigenvalue weighted by atomic mass is 9.89. The molecule has 1 aromatic heterocycles. The molecule has 3 heterocycles. The second kappa shape index (κ2) is 9.82. The molecule has 7 heteroatoms. The van der Waals surface area contributed by atoms with E-state index < -0.39 is 0 Å². The number of hydrogen-bond donors (Lipinski definition) is 2. The standard InChI is InChI=1S/C16H25N3OS.2ClH/c1-2-14-10-18-16(21-14)5-6-17-15(20)9-11-7-12-3-4-13(8-11)19-12;;/h10-13,19H,2-9H2,1H3,(H,17,20);2*1H. The molecule has 2 bridgehead atoms. The Bertz CT molecular complexity index is 485. The van der Waals surface area contributed by atoms with E-state index in [1.54, 1.807) is 11.3 Å². The maximum absolute atomic E-state index is 12.0. The van der Waals surface area contributed by atoms with Crippen LogP contribution in [0.3, 0.4) is 0 Å². The molecule has 2 aliphatic rings. The summed E-state index contributed by atoms with van der Waals surface area (Å²) < 4.78 is 0. The quantitative estimate of drug-likeness (QED) is 0.797. The van der Waals surface area contributed by atoms with Crippen LogP contribution in [0.15, 0.2) is 6.20 Å². The smallest absolute Gasteiger partial charge is 0.220 e. The molecule has 132 valence electrons. The van der Waals surface area contributed by atoms with Crippen molar-refractivity contribution in [1.29, 1.82) is 0 Å². The van der Waals surface area contributed by atoms with Crippen molar-refractivity contribution in [3.8, 4) is 0 Å². The fraction of sp³-hybridized carbons (Fsp3) is 0.750. The summed E-state index contributed by atoms with van der Waals surface area (Å²) in [4.78, 5) is 17.8. The molecule has 1 aromatic rings. The number of hydrogen-bond acceptors (Lipinski definition) is 4. The van der Waals surface area contributed by atoms with Gasteiger partial charge in [-0.05, 0) is 38.0 Å². The normalized spacial score (nSPS) is 25.3. The zero-order valence-electron chi connectivity index (χ0n) is 13.5. The van der Waals surface area contributed by atoms with Crippen LogP contribution >= 0.6 is 36.2 Å². The fourth-order valence-electron chi connectivity index (χ4n) is 3.61. The number of amides is 1. The van der Waals surface area contributed by atoms with Gasteiger partial charge in [0.05, 0.1) is 5.01 Å². The van der Waals surface area contributed by atoms with Gasteiger partial charge in [-0.1, -0.05) is 6.92 Å². The zero-order valence-corrected chi connectivity index (χ0v) is 16.0. The van der Waals surface area contributed by atoms with Gasteiger partial charge in [-0.3, -0.25) is 4.79 Å². The number of rotatable bonds is 6. The van der Waals surface area contributed by atoms with Gasteiger partial charge in [-0.15, -0.1) is 36.2 Å². The molecule has 0 saturated carbocycles. The number of aromatic nitrogens is 1. The third-order valence-electron chi connectivity index (χ3n) is 4.66. The Kier molecular flexibility index (Phi) is 8.83. The van der Waals surface area contributed by atoms with Gasteiger partial charge < -0.3 is 10.6 Å². The molecule has 0 aliphatic carbocycles. The Morgan fingerprint density at radius 1 is 1.35 bits per heavy atom. The number of carbonyl (C=O) groups excluding carboxylic acids is 1. The highest BCUT2D eigenvalue weighted by Crippen LogP contribution is 2.32. The highest BCUT2D eigenvalue weighted by Gasteiger charge is 2.34. The largest absolute Gasteiger partial charge is 0.356 e. The SMILES string of the molecule is CCc1cnc(CCNC(=O)CC2CC3CCC(C2)N3)s1.Cl.Cl. The van der Waals surface area contributed by atoms with Crippen LogP contribution in [-0.2, 0) is 17.6 Å². The van der Waals surface area contributed by atoms with Crippen LogP contribution in [0.1, 0.15) is 48.9 Å². The van der Waals surface area contributed by atoms with Crippen molar-refractivity contribution in [3.05, 3.63) is 16.1 Å². The average molecular weight is 380 g/mol. The highest BCUT2D eigenvalue weighted by molar-refractivity contribution is 7.11. The summed E-state index contributed by atoms with van der Waals surface area (Å²) in [5, 5.41) is 7.82. The molecule has 23 heavy (non-hydrogen) atoms. The molecule has 1 amide bonds. The van der Waals surface area contributed by atoms with E-state index in [0.717, 1.165) is 17.8 Å². The topological polar surface area (TPSA) is 54.0 Å². The van der Waals surface area contributed by atoms with E-state index in [-0.39, 0.29) is 30.7 Å². The number of nitrogens with zero attached hydrogens (tertiary/aromatic N) is 1. The molecule has 2 fully saturated rings. The molecule has 2 N–H and O–H groups in total. The lowest BCUT2D eigenvalue weighted by Gasteiger charge is -2.28. The first-order valence-corrected chi connectivity index (χ1v) is 9.01. The highest BCUT2D eigenvalue weighted by atomic mass is 35.5. The Morgan fingerprint density at radius 3 is 2.65 bits per heavy atom. The number of thiazole rings is 1. The third-order valence-corrected chi connectivity index (χ3v) is 5.86. The first-order chi connectivity index (χ1) is 10.2. The predicted octanol–water partition coefficient (Wildman–Crippen LogP) is 3.13. The maximum Gasteiger partial charge on any atom is 0.220 e. The van der Waals surface area contributed by atoms with Gasteiger partial charge in [0.2, 0.25) is 5.91 Å². The Hall–Kier alpha value is -0.360. The van der Waals surface area contributed by atoms with Crippen LogP contribution < -0.4 is 10.6 Å². The minimum atomic E-state index is 0. The van der Waals surface area contributed by atoms with Crippen molar-refractivity contribution in [1.82, 2.24) is 15.6 Å². The number of carbonyl (C=O) groups is 1. The number of nitrogens with one attached hydrogen (secondary N) is 2. The molecule has 3 rings (SSSR count). The Balaban J connectivity index is 0.00000132. The molecular weight excluding hydrogens is 353 g/mol. The van der Waals surface area contributed by atoms with Gasteiger partial charge >= 0.3 is 0 Å². The number of halogens is 2. The van der Waals surface area contributed by atoms with Crippen molar-refractivity contribution in [2.75, 3.05) is 6.54 Å². The van der Waals surface area contributed by atoms with Crippen LogP contribution in [0.25, 0.3) is 0 Å². The molecule has 0 aromatic carbocycles. The van der Waals surface area contributed by atoms with Gasteiger partial charge in [0.1, 0.15) is 0 Å². The van der Waals surface area contributed by atoms with Crippen molar-refractivity contribution >= 4 is 42.1 Å². The molecule has 2 atom stereocenters. The van der Waals surface area contributed by atoms with E-state index >= 15 is 0 Å². The molecule has 0 radical (unpaired) electrons. The summed E-state index contributed by atoms with van der Waals surface area (Å²) in [6.45, 7) is 2.86. The third kappa shape index (κ3) is 5.89. The second-order valence-electron chi connectivity index (χ2n) is 6.35. The maximum atomic E-state index is 12.0. The van der Waals surface area contributed by atoms with Crippen LogP contribution in [0.2, 0.25) is 0 Å². The fourth-order valence-corrected chi connectivity index (χ4v) is 4.47. The van der Waals surface area contributed by atoms with Crippen molar-refractivity contribution in [2.24, 2.45) is 5.92 Å². The van der Waals surface area contributed by atoms with Crippen LogP contribution in [0.5, 0.6) is 0 Å². The van der Waals surface area contributed by atoms with Gasteiger partial charge in [0, 0.05) is 42.5 Å². The van der Waals surface area contributed by atoms with E-state index in [2.05, 4.69) is 22.5 Å². The lowest BCUT2D eigenvalue weighted by Crippen LogP contribution is -2.39. The minimum Gasteiger partial charge on any atom is -0.356 e. The lowest BCUT2D eigenvalue weighted by molar-refractivity contribution is -0.122. The van der Waals surface area contributed by atoms with Crippen molar-refractivity contribution in [2.45, 2.75) is 64.0 Å². The number of piperidine rings is 1. The molecule has 2 aliphatic heterocycles. The minimum absolute atomic E-state index is 0. The Morgan fingerprint density at radius 2 is 2.04 bits per heavy atom. The number of fused-ring (bicyclic) bond motifs is 2. The molecular formula is C16H27Cl2N3OS. The summed E-state index contributed by atoms with van der Waals surface area (Å²) in [5.74, 6) is 0.795. The van der Waals surface area contributed by atoms with Gasteiger partial charge in [-0.2, -0.15) is 0 Å². The molecule has 4 nitrogen and oxygen atoms in total. The van der Waals surface area contributed by atoms with Crippen LogP contribution in [-0.4, -0.2) is 29.5 Å². The molecule has 2 unspecified atom stereocenters. The average Bonchev–Trinajstić information content (AvgIpc) is 3.05. The first-order valence-electron chi connectivity index (χ1n) is 8.19. The van der Waals surface area contributed by atoms with E-state index in [1.165, 1.54) is 30.6 Å². The van der Waals surface area contributed by atoms with E-state index in [9.17, 15) is 4.79 Å². The monoisotopic (exact) mass is 379 g/mol. The van der Waals surface area contributed by atoms with Crippen molar-refractivity contribution in [3.63, 3.8) is 0 Å². The molecule has 0 spiro atoms. The summed E-state index contributed by atoms with van der Waals surface area (Å²) in [5.41, 5.74) is 0. The van der Waals surface area contributed by atoms with Crippen LogP contribution in [0, 0.1) is 5.92 Å². The van der Waals surface area contributed by atoms with Gasteiger partial charge in [0.25, 0.3) is 0 Å². The summed E-state index contributed by atoms with van der Waals surface area (Å²) in [6.07, 6.45) is 9.50. The molecule has 2 saturated heterocycles. The van der Waals surface area contributed by atoms with Gasteiger partial charge in [-0.25, -0.2) is 4.98 Å². The zero-order chi connectivity index (χ0) is 14.7. The summed E-state index contributed by atoms with van der Waals surface area (Å²) >= 11 is 1.76. The second-order valence-corrected chi connectivity index (χ2v) is 7.55. The van der Waals surface area contributed by atoms with Crippen molar-refractivity contribution < 1.29 is 4.79 Å². The van der Waals surface area contributed by atoms with Crippen LogP contribution in [0.4, 0.5) is 0 Å². The van der Waals surface area contributed by atoms with E-state index in [0.29, 0.717) is 31.0 Å². The predicted molar refractivity (Wildman–Crippen MR) is 100.0 cm³/mol. The Labute approximate surface area is 155 Å². The van der Waals surface area contributed by atoms with Gasteiger partial charge in [0.15, 0.2) is 0 Å². The number of aryl methyl sites for hydroxylation is 1. The van der Waals surface area contributed by atoms with E-state index in [4.69, 9.17) is 0 Å².